The maximum atomic E-state index is 11.6. The zero-order valence-electron chi connectivity index (χ0n) is 10.3. The van der Waals surface area contributed by atoms with E-state index in [9.17, 15) is 22.8 Å². The summed E-state index contributed by atoms with van der Waals surface area (Å²) < 4.78 is 34.7. The molecule has 0 aliphatic rings. The standard InChI is InChI=1S/C7H9F3O2.C4H10O/c1-4(2)5(11)3-6(12)7(8,9)10;1-2-3-4-5/h4H,3H2,1-2H3;5H,2-4H2,1H3. The van der Waals surface area contributed by atoms with Gasteiger partial charge >= 0.3 is 6.18 Å². The summed E-state index contributed by atoms with van der Waals surface area (Å²) in [5, 5.41) is 8.07. The van der Waals surface area contributed by atoms with Crippen molar-refractivity contribution < 1.29 is 27.9 Å². The highest BCUT2D eigenvalue weighted by atomic mass is 19.4. The van der Waals surface area contributed by atoms with E-state index in [0.29, 0.717) is 6.61 Å². The van der Waals surface area contributed by atoms with Gasteiger partial charge in [0.25, 0.3) is 0 Å². The Morgan fingerprint density at radius 1 is 1.24 bits per heavy atom. The molecule has 0 heterocycles. The smallest absolute Gasteiger partial charge is 0.396 e. The minimum atomic E-state index is -4.88. The highest BCUT2D eigenvalue weighted by molar-refractivity contribution is 6.02. The van der Waals surface area contributed by atoms with E-state index >= 15 is 0 Å². The average Bonchev–Trinajstić information content (AvgIpc) is 2.18. The Hall–Kier alpha value is -0.910. The predicted molar refractivity (Wildman–Crippen MR) is 57.5 cm³/mol. The molecule has 0 fully saturated rings. The lowest BCUT2D eigenvalue weighted by Crippen LogP contribution is -2.26. The van der Waals surface area contributed by atoms with E-state index in [-0.39, 0.29) is 0 Å². The summed E-state index contributed by atoms with van der Waals surface area (Å²) in [5.41, 5.74) is 0. The molecular weight excluding hydrogens is 237 g/mol. The fourth-order valence-corrected chi connectivity index (χ4v) is 0.621. The third-order valence-electron chi connectivity index (χ3n) is 1.81. The van der Waals surface area contributed by atoms with Crippen LogP contribution in [0.3, 0.4) is 0 Å². The molecule has 17 heavy (non-hydrogen) atoms. The normalized spacial score (nSPS) is 10.8. The molecule has 0 saturated carbocycles. The zero-order valence-corrected chi connectivity index (χ0v) is 10.3. The van der Waals surface area contributed by atoms with Crippen molar-refractivity contribution in [3.63, 3.8) is 0 Å². The number of Topliss-reactive ketones (excluding diaryl/α,β-unsaturated/α-hetero) is 2. The molecule has 0 aromatic carbocycles. The Kier molecular flexibility index (Phi) is 9.94. The van der Waals surface area contributed by atoms with Crippen molar-refractivity contribution >= 4 is 11.6 Å². The topological polar surface area (TPSA) is 54.4 Å². The van der Waals surface area contributed by atoms with Crippen LogP contribution in [-0.4, -0.2) is 29.5 Å². The molecule has 0 bridgehead atoms. The van der Waals surface area contributed by atoms with Crippen LogP contribution in [0.25, 0.3) is 0 Å². The number of hydrogen-bond acceptors (Lipinski definition) is 3. The maximum absolute atomic E-state index is 11.6. The second-order valence-corrected chi connectivity index (χ2v) is 3.80. The monoisotopic (exact) mass is 256 g/mol. The van der Waals surface area contributed by atoms with Crippen LogP contribution in [0, 0.1) is 5.92 Å². The molecule has 0 atom stereocenters. The van der Waals surface area contributed by atoms with Crippen molar-refractivity contribution in [3.05, 3.63) is 0 Å². The maximum Gasteiger partial charge on any atom is 0.450 e. The van der Waals surface area contributed by atoms with Crippen molar-refractivity contribution in [1.82, 2.24) is 0 Å². The number of hydrogen-bond donors (Lipinski definition) is 1. The van der Waals surface area contributed by atoms with Crippen LogP contribution in [0.1, 0.15) is 40.0 Å². The largest absolute Gasteiger partial charge is 0.450 e. The van der Waals surface area contributed by atoms with Gasteiger partial charge in [-0.05, 0) is 6.42 Å². The van der Waals surface area contributed by atoms with Crippen LogP contribution in [0.2, 0.25) is 0 Å². The fourth-order valence-electron chi connectivity index (χ4n) is 0.621. The molecule has 6 heteroatoms. The third kappa shape index (κ3) is 11.4. The summed E-state index contributed by atoms with van der Waals surface area (Å²) in [5.74, 6) is -3.19. The minimum Gasteiger partial charge on any atom is -0.396 e. The van der Waals surface area contributed by atoms with Crippen molar-refractivity contribution in [1.29, 1.82) is 0 Å². The first-order chi connectivity index (χ1) is 7.66. The van der Waals surface area contributed by atoms with E-state index in [2.05, 4.69) is 6.92 Å². The molecule has 0 aliphatic heterocycles. The lowest BCUT2D eigenvalue weighted by molar-refractivity contribution is -0.172. The molecule has 0 radical (unpaired) electrons. The Morgan fingerprint density at radius 2 is 1.71 bits per heavy atom. The molecule has 0 aromatic heterocycles. The van der Waals surface area contributed by atoms with Crippen LogP contribution >= 0.6 is 0 Å². The number of unbranched alkanes of at least 4 members (excludes halogenated alkanes) is 1. The second-order valence-electron chi connectivity index (χ2n) is 3.80. The summed E-state index contributed by atoms with van der Waals surface area (Å²) in [4.78, 5) is 20.9. The summed E-state index contributed by atoms with van der Waals surface area (Å²) >= 11 is 0. The van der Waals surface area contributed by atoms with Gasteiger partial charge in [0.15, 0.2) is 0 Å². The Bertz CT molecular complexity index is 233. The summed E-state index contributed by atoms with van der Waals surface area (Å²) in [6.07, 6.45) is -3.89. The molecule has 0 spiro atoms. The molecule has 0 saturated heterocycles. The fraction of sp³-hybridized carbons (Fsp3) is 0.818. The van der Waals surface area contributed by atoms with Gasteiger partial charge < -0.3 is 5.11 Å². The third-order valence-corrected chi connectivity index (χ3v) is 1.81. The van der Waals surface area contributed by atoms with Gasteiger partial charge in [-0.2, -0.15) is 13.2 Å². The Labute approximate surface area is 99.0 Å². The van der Waals surface area contributed by atoms with E-state index < -0.39 is 30.1 Å². The van der Waals surface area contributed by atoms with E-state index in [1.807, 2.05) is 0 Å². The van der Waals surface area contributed by atoms with E-state index in [0.717, 1.165) is 12.8 Å². The molecule has 0 unspecified atom stereocenters. The van der Waals surface area contributed by atoms with Crippen LogP contribution in [0.5, 0.6) is 0 Å². The average molecular weight is 256 g/mol. The molecular formula is C11H19F3O3. The first-order valence-corrected chi connectivity index (χ1v) is 5.40. The number of carbonyl (C=O) groups excluding carboxylic acids is 2. The molecule has 3 nitrogen and oxygen atoms in total. The Morgan fingerprint density at radius 3 is 1.88 bits per heavy atom. The quantitative estimate of drug-likeness (QED) is 0.769. The number of halogens is 3. The highest BCUT2D eigenvalue weighted by Crippen LogP contribution is 2.18. The van der Waals surface area contributed by atoms with Crippen LogP contribution in [0.4, 0.5) is 13.2 Å². The van der Waals surface area contributed by atoms with Crippen LogP contribution in [0.15, 0.2) is 0 Å². The SMILES string of the molecule is CC(C)C(=O)CC(=O)C(F)(F)F.CCCCO. The summed E-state index contributed by atoms with van der Waals surface area (Å²) in [6, 6.07) is 0. The second kappa shape index (κ2) is 9.15. The molecule has 0 aliphatic carbocycles. The molecule has 102 valence electrons. The number of carbonyl (C=O) groups is 2. The first-order valence-electron chi connectivity index (χ1n) is 5.40. The van der Waals surface area contributed by atoms with Crippen molar-refractivity contribution in [2.24, 2.45) is 5.92 Å². The lowest BCUT2D eigenvalue weighted by Gasteiger charge is -2.05. The van der Waals surface area contributed by atoms with Gasteiger partial charge in [0, 0.05) is 12.5 Å². The lowest BCUT2D eigenvalue weighted by atomic mass is 10.0. The highest BCUT2D eigenvalue weighted by Gasteiger charge is 2.39. The van der Waals surface area contributed by atoms with E-state index in [1.54, 1.807) is 0 Å². The van der Waals surface area contributed by atoms with Crippen LogP contribution in [-0.2, 0) is 9.59 Å². The minimum absolute atomic E-state index is 0.344. The van der Waals surface area contributed by atoms with Gasteiger partial charge in [-0.1, -0.05) is 27.2 Å². The summed E-state index contributed by atoms with van der Waals surface area (Å²) in [7, 11) is 0. The van der Waals surface area contributed by atoms with Gasteiger partial charge in [0.1, 0.15) is 5.78 Å². The van der Waals surface area contributed by atoms with Crippen molar-refractivity contribution in [3.8, 4) is 0 Å². The van der Waals surface area contributed by atoms with Gasteiger partial charge in [-0.15, -0.1) is 0 Å². The number of rotatable bonds is 5. The van der Waals surface area contributed by atoms with Crippen molar-refractivity contribution in [2.75, 3.05) is 6.61 Å². The first kappa shape index (κ1) is 18.5. The summed E-state index contributed by atoms with van der Waals surface area (Å²) in [6.45, 7) is 5.30. The zero-order chi connectivity index (χ0) is 14.1. The van der Waals surface area contributed by atoms with Crippen LogP contribution < -0.4 is 0 Å². The number of alkyl halides is 3. The predicted octanol–water partition coefficient (Wildman–Crippen LogP) is 2.51. The molecule has 0 amide bonds. The number of aliphatic hydroxyl groups is 1. The van der Waals surface area contributed by atoms with Gasteiger partial charge in [0.2, 0.25) is 5.78 Å². The molecule has 0 aromatic rings. The number of ketones is 2. The van der Waals surface area contributed by atoms with Gasteiger partial charge in [-0.25, -0.2) is 0 Å². The Balaban J connectivity index is 0. The molecule has 0 rings (SSSR count). The van der Waals surface area contributed by atoms with Gasteiger partial charge in [0.05, 0.1) is 6.42 Å². The molecule has 1 N–H and O–H groups in total. The number of aliphatic hydroxyl groups excluding tert-OH is 1. The van der Waals surface area contributed by atoms with E-state index in [4.69, 9.17) is 5.11 Å². The van der Waals surface area contributed by atoms with E-state index in [1.165, 1.54) is 13.8 Å². The van der Waals surface area contributed by atoms with Crippen molar-refractivity contribution in [2.45, 2.75) is 46.2 Å². The van der Waals surface area contributed by atoms with Gasteiger partial charge in [-0.3, -0.25) is 9.59 Å².